The fourth-order valence-corrected chi connectivity index (χ4v) is 3.26. The Balaban J connectivity index is 2.24. The van der Waals surface area contributed by atoms with E-state index >= 15 is 0 Å². The van der Waals surface area contributed by atoms with Gasteiger partial charge in [0.05, 0.1) is 12.8 Å². The molecule has 0 radical (unpaired) electrons. The van der Waals surface area contributed by atoms with E-state index in [1.165, 1.54) is 5.56 Å². The Labute approximate surface area is 149 Å². The number of aldehydes is 1. The molecule has 0 spiro atoms. The lowest BCUT2D eigenvalue weighted by Gasteiger charge is -2.23. The molecule has 130 valence electrons. The molecule has 0 amide bonds. The van der Waals surface area contributed by atoms with Gasteiger partial charge in [0, 0.05) is 22.8 Å². The summed E-state index contributed by atoms with van der Waals surface area (Å²) in [6.07, 6.45) is 3.94. The van der Waals surface area contributed by atoms with Crippen molar-refractivity contribution in [3.05, 3.63) is 59.4 Å². The molecule has 0 atom stereocenters. The largest absolute Gasteiger partial charge is 0.496 e. The lowest BCUT2D eigenvalue weighted by molar-refractivity contribution is 0.111. The minimum atomic E-state index is -0.0444. The first-order chi connectivity index (χ1) is 11.9. The second kappa shape index (κ2) is 6.40. The Hall–Kier alpha value is -2.55. The number of benzene rings is 1. The van der Waals surface area contributed by atoms with Crippen LogP contribution in [0.3, 0.4) is 0 Å². The van der Waals surface area contributed by atoms with Crippen molar-refractivity contribution in [2.24, 2.45) is 0 Å². The van der Waals surface area contributed by atoms with Gasteiger partial charge in [-0.05, 0) is 47.2 Å². The van der Waals surface area contributed by atoms with Gasteiger partial charge in [0.15, 0.2) is 6.29 Å². The molecule has 3 heteroatoms. The van der Waals surface area contributed by atoms with Gasteiger partial charge in [-0.3, -0.25) is 4.79 Å². The molecule has 0 N–H and O–H groups in total. The molecule has 3 nitrogen and oxygen atoms in total. The SMILES string of the molecule is CCc1ccc2cc(-c3ccc(OC)c(C(C)(C)C)c3)c(C=O)n2c1. The third-order valence-electron chi connectivity index (χ3n) is 4.71. The van der Waals surface area contributed by atoms with Crippen LogP contribution in [-0.4, -0.2) is 17.8 Å². The van der Waals surface area contributed by atoms with Crippen LogP contribution in [0.2, 0.25) is 0 Å². The minimum Gasteiger partial charge on any atom is -0.496 e. The number of aromatic nitrogens is 1. The van der Waals surface area contributed by atoms with Crippen molar-refractivity contribution in [1.82, 2.24) is 4.40 Å². The summed E-state index contributed by atoms with van der Waals surface area (Å²) in [5.74, 6) is 0.876. The highest BCUT2D eigenvalue weighted by Gasteiger charge is 2.21. The summed E-state index contributed by atoms with van der Waals surface area (Å²) in [6, 6.07) is 12.4. The highest BCUT2D eigenvalue weighted by Crippen LogP contribution is 2.36. The second-order valence-corrected chi connectivity index (χ2v) is 7.41. The average Bonchev–Trinajstić information content (AvgIpc) is 2.97. The Kier molecular flexibility index (Phi) is 4.42. The fraction of sp³-hybridized carbons (Fsp3) is 0.318. The maximum absolute atomic E-state index is 11.8. The molecule has 0 aliphatic carbocycles. The van der Waals surface area contributed by atoms with E-state index in [2.05, 4.69) is 58.2 Å². The lowest BCUT2D eigenvalue weighted by atomic mass is 9.84. The second-order valence-electron chi connectivity index (χ2n) is 7.41. The van der Waals surface area contributed by atoms with Crippen LogP contribution in [0.15, 0.2) is 42.6 Å². The van der Waals surface area contributed by atoms with Crippen molar-refractivity contribution < 1.29 is 9.53 Å². The number of carbonyl (C=O) groups excluding carboxylic acids is 1. The van der Waals surface area contributed by atoms with Gasteiger partial charge in [0.1, 0.15) is 5.75 Å². The van der Waals surface area contributed by atoms with Crippen LogP contribution in [0.4, 0.5) is 0 Å². The third-order valence-corrected chi connectivity index (χ3v) is 4.71. The van der Waals surface area contributed by atoms with Gasteiger partial charge < -0.3 is 9.14 Å². The summed E-state index contributed by atoms with van der Waals surface area (Å²) < 4.78 is 7.52. The molecule has 2 heterocycles. The van der Waals surface area contributed by atoms with Crippen molar-refractivity contribution in [3.8, 4) is 16.9 Å². The standard InChI is InChI=1S/C22H25NO2/c1-6-15-7-9-17-12-18(20(14-24)23(17)13-15)16-8-10-21(25-5)19(11-16)22(2,3)4/h7-14H,6H2,1-5H3. The van der Waals surface area contributed by atoms with Gasteiger partial charge in [-0.25, -0.2) is 0 Å². The zero-order valence-electron chi connectivity index (χ0n) is 15.6. The Morgan fingerprint density at radius 2 is 1.88 bits per heavy atom. The summed E-state index contributed by atoms with van der Waals surface area (Å²) in [4.78, 5) is 11.8. The number of rotatable bonds is 4. The molecular weight excluding hydrogens is 310 g/mol. The molecule has 1 aromatic carbocycles. The van der Waals surface area contributed by atoms with Gasteiger partial charge in [0.2, 0.25) is 0 Å². The van der Waals surface area contributed by atoms with Crippen molar-refractivity contribution >= 4 is 11.8 Å². The number of fused-ring (bicyclic) bond motifs is 1. The van der Waals surface area contributed by atoms with Gasteiger partial charge in [-0.2, -0.15) is 0 Å². The van der Waals surface area contributed by atoms with Gasteiger partial charge in [-0.1, -0.05) is 39.8 Å². The minimum absolute atomic E-state index is 0.0444. The van der Waals surface area contributed by atoms with Crippen LogP contribution in [-0.2, 0) is 11.8 Å². The van der Waals surface area contributed by atoms with E-state index in [1.54, 1.807) is 7.11 Å². The molecule has 0 saturated carbocycles. The number of aryl methyl sites for hydroxylation is 1. The molecule has 0 unspecified atom stereocenters. The van der Waals surface area contributed by atoms with Gasteiger partial charge in [0.25, 0.3) is 0 Å². The van der Waals surface area contributed by atoms with Crippen molar-refractivity contribution in [1.29, 1.82) is 0 Å². The van der Waals surface area contributed by atoms with E-state index in [9.17, 15) is 4.79 Å². The van der Waals surface area contributed by atoms with Crippen molar-refractivity contribution in [2.45, 2.75) is 39.5 Å². The maximum atomic E-state index is 11.8. The molecule has 25 heavy (non-hydrogen) atoms. The van der Waals surface area contributed by atoms with Crippen LogP contribution in [0.25, 0.3) is 16.6 Å². The van der Waals surface area contributed by atoms with E-state index in [1.807, 2.05) is 16.5 Å². The van der Waals surface area contributed by atoms with E-state index in [0.717, 1.165) is 40.7 Å². The summed E-state index contributed by atoms with van der Waals surface area (Å²) >= 11 is 0. The first-order valence-electron chi connectivity index (χ1n) is 8.67. The number of hydrogen-bond donors (Lipinski definition) is 0. The zero-order chi connectivity index (χ0) is 18.2. The van der Waals surface area contributed by atoms with E-state index in [4.69, 9.17) is 4.74 Å². The Bertz CT molecular complexity index is 929. The quantitative estimate of drug-likeness (QED) is 0.607. The zero-order valence-corrected chi connectivity index (χ0v) is 15.6. The van der Waals surface area contributed by atoms with Gasteiger partial charge in [-0.15, -0.1) is 0 Å². The predicted octanol–water partition coefficient (Wildman–Crippen LogP) is 5.29. The summed E-state index contributed by atoms with van der Waals surface area (Å²) in [6.45, 7) is 8.61. The Morgan fingerprint density at radius 1 is 1.12 bits per heavy atom. The molecule has 3 rings (SSSR count). The lowest BCUT2D eigenvalue weighted by Crippen LogP contribution is -2.13. The number of ether oxygens (including phenoxy) is 1. The first-order valence-corrected chi connectivity index (χ1v) is 8.67. The van der Waals surface area contributed by atoms with Crippen LogP contribution in [0, 0.1) is 0 Å². The molecule has 0 bridgehead atoms. The highest BCUT2D eigenvalue weighted by molar-refractivity contribution is 5.90. The molecule has 3 aromatic rings. The molecule has 2 aromatic heterocycles. The smallest absolute Gasteiger partial charge is 0.167 e. The summed E-state index contributed by atoms with van der Waals surface area (Å²) in [5.41, 5.74) is 6.01. The molecule has 0 fully saturated rings. The topological polar surface area (TPSA) is 30.7 Å². The van der Waals surface area contributed by atoms with Crippen molar-refractivity contribution in [2.75, 3.05) is 7.11 Å². The monoisotopic (exact) mass is 335 g/mol. The normalized spacial score (nSPS) is 11.7. The molecule has 0 saturated heterocycles. The van der Waals surface area contributed by atoms with E-state index in [-0.39, 0.29) is 5.41 Å². The van der Waals surface area contributed by atoms with E-state index < -0.39 is 0 Å². The summed E-state index contributed by atoms with van der Waals surface area (Å²) in [7, 11) is 1.69. The van der Waals surface area contributed by atoms with Crippen LogP contribution in [0.1, 0.15) is 49.3 Å². The number of nitrogens with zero attached hydrogens (tertiary/aromatic N) is 1. The molecular formula is C22H25NO2. The molecule has 0 aliphatic heterocycles. The van der Waals surface area contributed by atoms with Crippen LogP contribution in [0.5, 0.6) is 5.75 Å². The average molecular weight is 335 g/mol. The third kappa shape index (κ3) is 3.07. The highest BCUT2D eigenvalue weighted by atomic mass is 16.5. The van der Waals surface area contributed by atoms with E-state index in [0.29, 0.717) is 5.69 Å². The number of hydrogen-bond acceptors (Lipinski definition) is 2. The number of pyridine rings is 1. The Morgan fingerprint density at radius 3 is 2.48 bits per heavy atom. The predicted molar refractivity (Wildman–Crippen MR) is 103 cm³/mol. The van der Waals surface area contributed by atoms with Crippen LogP contribution >= 0.6 is 0 Å². The van der Waals surface area contributed by atoms with Crippen molar-refractivity contribution in [3.63, 3.8) is 0 Å². The van der Waals surface area contributed by atoms with Crippen LogP contribution < -0.4 is 4.74 Å². The number of carbonyl (C=O) groups is 1. The first kappa shape index (κ1) is 17.3. The maximum Gasteiger partial charge on any atom is 0.167 e. The van der Waals surface area contributed by atoms with Gasteiger partial charge >= 0.3 is 0 Å². The summed E-state index contributed by atoms with van der Waals surface area (Å²) in [5, 5.41) is 0. The number of methoxy groups -OCH3 is 1. The fourth-order valence-electron chi connectivity index (χ4n) is 3.26. The molecule has 0 aliphatic rings.